The molecule has 0 spiro atoms. The fraction of sp³-hybridized carbons (Fsp3) is 0.105. The largest absolute Gasteiger partial charge is 0.338 e. The second kappa shape index (κ2) is 9.12. The van der Waals surface area contributed by atoms with Crippen LogP contribution in [0.3, 0.4) is 0 Å². The summed E-state index contributed by atoms with van der Waals surface area (Å²) in [6.45, 7) is 10.9. The Balaban J connectivity index is 0.00000117. The lowest BCUT2D eigenvalue weighted by atomic mass is 10.2. The van der Waals surface area contributed by atoms with Crippen LogP contribution in [0, 0.1) is 0 Å². The van der Waals surface area contributed by atoms with Crippen LogP contribution in [-0.2, 0) is 0 Å². The van der Waals surface area contributed by atoms with Gasteiger partial charge in [-0.2, -0.15) is 0 Å². The summed E-state index contributed by atoms with van der Waals surface area (Å²) >= 11 is 0. The van der Waals surface area contributed by atoms with Crippen LogP contribution in [0.25, 0.3) is 16.7 Å². The first-order chi connectivity index (χ1) is 12.7. The number of fused-ring (bicyclic) bond motifs is 1. The van der Waals surface area contributed by atoms with Gasteiger partial charge in [0.25, 0.3) is 0 Å². The summed E-state index contributed by atoms with van der Waals surface area (Å²) in [7, 11) is 0. The summed E-state index contributed by atoms with van der Waals surface area (Å²) in [4.78, 5) is 21.0. The zero-order valence-corrected chi connectivity index (χ0v) is 14.6. The predicted molar refractivity (Wildman–Crippen MR) is 102 cm³/mol. The standard InChI is InChI=1S/C17H13FN6.C2H6/c1-3-4-13(11(2)18)15-23-16-14(20-9-10-21-16)17(24-15)22-12-5-7-19-8-6-12;1-2/h3-10H,1-2H2,(H,19,21,22,23,24);1-2H3/b13-4+;. The van der Waals surface area contributed by atoms with Crippen LogP contribution >= 0.6 is 0 Å². The Morgan fingerprint density at radius 3 is 2.42 bits per heavy atom. The second-order valence-electron chi connectivity index (χ2n) is 4.71. The molecule has 0 atom stereocenters. The van der Waals surface area contributed by atoms with Gasteiger partial charge in [-0.05, 0) is 18.2 Å². The average molecular weight is 350 g/mol. The van der Waals surface area contributed by atoms with Crippen molar-refractivity contribution in [2.24, 2.45) is 0 Å². The van der Waals surface area contributed by atoms with Crippen LogP contribution in [0.15, 0.2) is 68.1 Å². The van der Waals surface area contributed by atoms with E-state index in [9.17, 15) is 4.39 Å². The number of nitrogens with one attached hydrogen (secondary N) is 1. The number of halogens is 1. The Morgan fingerprint density at radius 1 is 1.08 bits per heavy atom. The van der Waals surface area contributed by atoms with Crippen molar-refractivity contribution in [1.29, 1.82) is 0 Å². The van der Waals surface area contributed by atoms with Gasteiger partial charge >= 0.3 is 0 Å². The van der Waals surface area contributed by atoms with Crippen LogP contribution in [0.2, 0.25) is 0 Å². The quantitative estimate of drug-likeness (QED) is 0.676. The molecule has 3 aromatic rings. The lowest BCUT2D eigenvalue weighted by Gasteiger charge is -2.10. The van der Waals surface area contributed by atoms with Crippen molar-refractivity contribution in [2.45, 2.75) is 13.8 Å². The summed E-state index contributed by atoms with van der Waals surface area (Å²) in [5.41, 5.74) is 1.71. The third-order valence-corrected chi connectivity index (χ3v) is 3.09. The van der Waals surface area contributed by atoms with Crippen molar-refractivity contribution in [3.8, 4) is 0 Å². The van der Waals surface area contributed by atoms with Gasteiger partial charge in [0.2, 0.25) is 0 Å². The predicted octanol–water partition coefficient (Wildman–Crippen LogP) is 4.64. The van der Waals surface area contributed by atoms with Gasteiger partial charge in [0, 0.05) is 30.5 Å². The molecular weight excluding hydrogens is 331 g/mol. The molecule has 7 heteroatoms. The highest BCUT2D eigenvalue weighted by Gasteiger charge is 2.15. The number of pyridine rings is 1. The molecule has 132 valence electrons. The maximum absolute atomic E-state index is 13.7. The molecule has 0 amide bonds. The Kier molecular flexibility index (Phi) is 6.61. The maximum atomic E-state index is 13.7. The van der Waals surface area contributed by atoms with Crippen molar-refractivity contribution in [3.05, 3.63) is 73.9 Å². The number of rotatable bonds is 5. The molecule has 0 aliphatic rings. The molecular formula is C19H19FN6. The highest BCUT2D eigenvalue weighted by Crippen LogP contribution is 2.26. The van der Waals surface area contributed by atoms with E-state index < -0.39 is 5.83 Å². The number of hydrogen-bond acceptors (Lipinski definition) is 6. The highest BCUT2D eigenvalue weighted by atomic mass is 19.1. The Hall–Kier alpha value is -3.48. The molecule has 0 unspecified atom stereocenters. The zero-order chi connectivity index (χ0) is 18.9. The van der Waals surface area contributed by atoms with Crippen LogP contribution in [-0.4, -0.2) is 24.9 Å². The van der Waals surface area contributed by atoms with Crippen molar-refractivity contribution in [2.75, 3.05) is 5.32 Å². The molecule has 3 heterocycles. The van der Waals surface area contributed by atoms with Crippen molar-refractivity contribution < 1.29 is 4.39 Å². The van der Waals surface area contributed by atoms with Gasteiger partial charge in [-0.25, -0.2) is 24.3 Å². The van der Waals surface area contributed by atoms with E-state index >= 15 is 0 Å². The van der Waals surface area contributed by atoms with Crippen LogP contribution in [0.1, 0.15) is 19.7 Å². The number of aromatic nitrogens is 5. The van der Waals surface area contributed by atoms with Crippen molar-refractivity contribution in [1.82, 2.24) is 24.9 Å². The summed E-state index contributed by atoms with van der Waals surface area (Å²) in [6.07, 6.45) is 9.24. The lowest BCUT2D eigenvalue weighted by molar-refractivity contribution is 0.676. The molecule has 1 N–H and O–H groups in total. The topological polar surface area (TPSA) is 76.5 Å². The molecule has 3 aromatic heterocycles. The van der Waals surface area contributed by atoms with Crippen molar-refractivity contribution in [3.63, 3.8) is 0 Å². The van der Waals surface area contributed by atoms with E-state index in [0.29, 0.717) is 17.0 Å². The third kappa shape index (κ3) is 4.32. The Bertz CT molecular complexity index is 937. The third-order valence-electron chi connectivity index (χ3n) is 3.09. The molecule has 6 nitrogen and oxygen atoms in total. The second-order valence-corrected chi connectivity index (χ2v) is 4.71. The van der Waals surface area contributed by atoms with E-state index in [1.807, 2.05) is 13.8 Å². The van der Waals surface area contributed by atoms with E-state index in [4.69, 9.17) is 0 Å². The SMILES string of the molecule is C=C/C=C(\C(=C)F)c1nc(Nc2ccncc2)c2nccnc2n1.CC. The molecule has 0 bridgehead atoms. The molecule has 0 fully saturated rings. The van der Waals surface area contributed by atoms with Gasteiger partial charge in [0.1, 0.15) is 5.83 Å². The number of hydrogen-bond donors (Lipinski definition) is 1. The van der Waals surface area contributed by atoms with Crippen LogP contribution in [0.5, 0.6) is 0 Å². The molecule has 0 saturated carbocycles. The highest BCUT2D eigenvalue weighted by molar-refractivity contribution is 5.87. The smallest absolute Gasteiger partial charge is 0.184 e. The number of nitrogens with zero attached hydrogens (tertiary/aromatic N) is 5. The fourth-order valence-corrected chi connectivity index (χ4v) is 2.05. The molecule has 0 aromatic carbocycles. The van der Waals surface area contributed by atoms with Gasteiger partial charge in [0.05, 0.1) is 5.57 Å². The van der Waals surface area contributed by atoms with Gasteiger partial charge in [-0.1, -0.05) is 33.1 Å². The molecule has 26 heavy (non-hydrogen) atoms. The van der Waals surface area contributed by atoms with E-state index in [1.165, 1.54) is 24.5 Å². The van der Waals surface area contributed by atoms with E-state index in [-0.39, 0.29) is 11.4 Å². The number of allylic oxidation sites excluding steroid dienone is 4. The zero-order valence-electron chi connectivity index (χ0n) is 14.6. The van der Waals surface area contributed by atoms with E-state index in [0.717, 1.165) is 5.69 Å². The first-order valence-electron chi connectivity index (χ1n) is 8.02. The van der Waals surface area contributed by atoms with Crippen LogP contribution < -0.4 is 5.32 Å². The summed E-state index contributed by atoms with van der Waals surface area (Å²) in [5, 5.41) is 3.12. The van der Waals surface area contributed by atoms with Crippen LogP contribution in [0.4, 0.5) is 15.9 Å². The first kappa shape index (κ1) is 18.9. The molecule has 0 aliphatic carbocycles. The minimum Gasteiger partial charge on any atom is -0.338 e. The minimum atomic E-state index is -0.659. The Labute approximate surface area is 151 Å². The molecule has 0 saturated heterocycles. The average Bonchev–Trinajstić information content (AvgIpc) is 2.68. The first-order valence-corrected chi connectivity index (χ1v) is 8.02. The summed E-state index contributed by atoms with van der Waals surface area (Å²) < 4.78 is 13.7. The monoisotopic (exact) mass is 350 g/mol. The maximum Gasteiger partial charge on any atom is 0.184 e. The van der Waals surface area contributed by atoms with Gasteiger partial charge < -0.3 is 5.32 Å². The fourth-order valence-electron chi connectivity index (χ4n) is 2.05. The van der Waals surface area contributed by atoms with Gasteiger partial charge in [-0.3, -0.25) is 4.98 Å². The van der Waals surface area contributed by atoms with Gasteiger partial charge in [0.15, 0.2) is 22.8 Å². The van der Waals surface area contributed by atoms with E-state index in [1.54, 1.807) is 24.5 Å². The lowest BCUT2D eigenvalue weighted by Crippen LogP contribution is -2.04. The normalized spacial score (nSPS) is 10.7. The molecule has 3 rings (SSSR count). The van der Waals surface area contributed by atoms with Crippen molar-refractivity contribution >= 4 is 28.2 Å². The van der Waals surface area contributed by atoms with Gasteiger partial charge in [-0.15, -0.1) is 0 Å². The summed E-state index contributed by atoms with van der Waals surface area (Å²) in [5.74, 6) is -0.106. The Morgan fingerprint density at radius 2 is 1.77 bits per heavy atom. The molecule has 0 aliphatic heterocycles. The number of anilines is 2. The summed E-state index contributed by atoms with van der Waals surface area (Å²) in [6, 6.07) is 3.55. The molecule has 0 radical (unpaired) electrons. The minimum absolute atomic E-state index is 0.135. The van der Waals surface area contributed by atoms with E-state index in [2.05, 4.69) is 43.4 Å².